The molecule has 1 saturated heterocycles. The lowest BCUT2D eigenvalue weighted by Crippen LogP contribution is -2.31. The van der Waals surface area contributed by atoms with Gasteiger partial charge in [-0.1, -0.05) is 12.1 Å². The number of nitrogens with zero attached hydrogens (tertiary/aromatic N) is 4. The normalized spacial score (nSPS) is 13.7. The van der Waals surface area contributed by atoms with Crippen molar-refractivity contribution in [2.75, 3.05) is 29.9 Å². The quantitative estimate of drug-likeness (QED) is 0.429. The average Bonchev–Trinajstić information content (AvgIpc) is 3.21. The van der Waals surface area contributed by atoms with E-state index in [0.717, 1.165) is 47.9 Å². The smallest absolute Gasteiger partial charge is 0.205 e. The fourth-order valence-corrected chi connectivity index (χ4v) is 4.57. The molecule has 3 heterocycles. The number of ether oxygens (including phenoxy) is 1. The summed E-state index contributed by atoms with van der Waals surface area (Å²) in [4.78, 5) is 24.4. The van der Waals surface area contributed by atoms with E-state index in [9.17, 15) is 4.79 Å². The van der Waals surface area contributed by atoms with E-state index in [1.807, 2.05) is 44.2 Å². The molecule has 0 saturated carbocycles. The molecule has 0 radical (unpaired) electrons. The standard InChI is InChI=1S/C24H30N6O2S/c1-4-32-21-22(25-20-14-16(2)28-29-20)26-24(27-23(21)30-12-6-5-7-13-30)33-19-10-8-18(9-11-19)15-17(3)31/h8-11,14H,4-7,12-13,15H2,1-3H3,(H2,25,26,27,28,29). The topological polar surface area (TPSA) is 96.0 Å². The van der Waals surface area contributed by atoms with Gasteiger partial charge in [-0.05, 0) is 69.5 Å². The highest BCUT2D eigenvalue weighted by molar-refractivity contribution is 7.99. The molecule has 0 amide bonds. The number of ketones is 1. The van der Waals surface area contributed by atoms with Crippen molar-refractivity contribution in [3.63, 3.8) is 0 Å². The molecule has 2 aromatic heterocycles. The molecular weight excluding hydrogens is 436 g/mol. The Labute approximate surface area is 198 Å². The number of anilines is 3. The van der Waals surface area contributed by atoms with Crippen molar-refractivity contribution in [3.05, 3.63) is 41.6 Å². The maximum Gasteiger partial charge on any atom is 0.205 e. The van der Waals surface area contributed by atoms with Gasteiger partial charge in [-0.3, -0.25) is 9.89 Å². The van der Waals surface area contributed by atoms with Gasteiger partial charge in [-0.2, -0.15) is 5.10 Å². The number of rotatable bonds is 9. The molecular formula is C24H30N6O2S. The number of carbonyl (C=O) groups is 1. The molecule has 1 aromatic carbocycles. The van der Waals surface area contributed by atoms with E-state index in [1.165, 1.54) is 18.2 Å². The van der Waals surface area contributed by atoms with E-state index in [0.29, 0.717) is 35.6 Å². The number of carbonyl (C=O) groups excluding carboxylic acids is 1. The van der Waals surface area contributed by atoms with Crippen molar-refractivity contribution in [1.82, 2.24) is 20.2 Å². The fraction of sp³-hybridized carbons (Fsp3) is 0.417. The molecule has 0 aliphatic carbocycles. The maximum absolute atomic E-state index is 11.4. The van der Waals surface area contributed by atoms with E-state index in [4.69, 9.17) is 14.7 Å². The molecule has 1 aliphatic rings. The predicted octanol–water partition coefficient (Wildman–Crippen LogP) is 4.92. The third-order valence-corrected chi connectivity index (χ3v) is 6.18. The van der Waals surface area contributed by atoms with Gasteiger partial charge in [-0.15, -0.1) is 0 Å². The number of hydrogen-bond donors (Lipinski definition) is 2. The van der Waals surface area contributed by atoms with Gasteiger partial charge in [0.25, 0.3) is 0 Å². The first kappa shape index (κ1) is 23.1. The second kappa shape index (κ2) is 10.7. The molecule has 0 unspecified atom stereocenters. The third kappa shape index (κ3) is 6.04. The lowest BCUT2D eigenvalue weighted by atomic mass is 10.1. The Morgan fingerprint density at radius 3 is 2.58 bits per heavy atom. The van der Waals surface area contributed by atoms with Gasteiger partial charge in [0, 0.05) is 36.2 Å². The SMILES string of the molecule is CCOc1c(Nc2cc(C)[nH]n2)nc(Sc2ccc(CC(C)=O)cc2)nc1N1CCCCC1. The zero-order valence-corrected chi connectivity index (χ0v) is 20.2. The number of aromatic nitrogens is 4. The van der Waals surface area contributed by atoms with Crippen LogP contribution in [0.4, 0.5) is 17.5 Å². The highest BCUT2D eigenvalue weighted by Gasteiger charge is 2.23. The highest BCUT2D eigenvalue weighted by atomic mass is 32.2. The number of Topliss-reactive ketones (excluding diaryl/α,β-unsaturated/α-hetero) is 1. The van der Waals surface area contributed by atoms with Crippen LogP contribution in [0.25, 0.3) is 0 Å². The number of nitrogens with one attached hydrogen (secondary N) is 2. The monoisotopic (exact) mass is 466 g/mol. The fourth-order valence-electron chi connectivity index (χ4n) is 3.82. The largest absolute Gasteiger partial charge is 0.487 e. The van der Waals surface area contributed by atoms with Crippen LogP contribution in [0.15, 0.2) is 40.4 Å². The van der Waals surface area contributed by atoms with E-state index in [2.05, 4.69) is 20.4 Å². The van der Waals surface area contributed by atoms with Gasteiger partial charge in [-0.25, -0.2) is 9.97 Å². The molecule has 0 bridgehead atoms. The highest BCUT2D eigenvalue weighted by Crippen LogP contribution is 2.39. The summed E-state index contributed by atoms with van der Waals surface area (Å²) in [6.45, 7) is 7.94. The Hall–Kier alpha value is -3.07. The second-order valence-electron chi connectivity index (χ2n) is 8.17. The molecule has 33 heavy (non-hydrogen) atoms. The minimum atomic E-state index is 0.153. The van der Waals surface area contributed by atoms with Gasteiger partial charge in [0.2, 0.25) is 5.75 Å². The summed E-state index contributed by atoms with van der Waals surface area (Å²) in [7, 11) is 0. The first-order valence-electron chi connectivity index (χ1n) is 11.4. The molecule has 3 aromatic rings. The van der Waals surface area contributed by atoms with Crippen molar-refractivity contribution >= 4 is 35.0 Å². The van der Waals surface area contributed by atoms with Crippen molar-refractivity contribution < 1.29 is 9.53 Å². The Morgan fingerprint density at radius 2 is 1.94 bits per heavy atom. The summed E-state index contributed by atoms with van der Waals surface area (Å²) in [6.07, 6.45) is 3.95. The van der Waals surface area contributed by atoms with E-state index >= 15 is 0 Å². The minimum absolute atomic E-state index is 0.153. The third-order valence-electron chi connectivity index (χ3n) is 5.31. The van der Waals surface area contributed by atoms with Crippen LogP contribution in [-0.2, 0) is 11.2 Å². The van der Waals surface area contributed by atoms with Gasteiger partial charge >= 0.3 is 0 Å². The van der Waals surface area contributed by atoms with Crippen LogP contribution in [0.3, 0.4) is 0 Å². The van der Waals surface area contributed by atoms with E-state index < -0.39 is 0 Å². The molecule has 8 nitrogen and oxygen atoms in total. The van der Waals surface area contributed by atoms with Gasteiger partial charge in [0.1, 0.15) is 5.78 Å². The van der Waals surface area contributed by atoms with Crippen LogP contribution < -0.4 is 15.0 Å². The van der Waals surface area contributed by atoms with Crippen LogP contribution >= 0.6 is 11.8 Å². The summed E-state index contributed by atoms with van der Waals surface area (Å²) >= 11 is 1.49. The minimum Gasteiger partial charge on any atom is -0.487 e. The lowest BCUT2D eigenvalue weighted by Gasteiger charge is -2.30. The Balaban J connectivity index is 1.69. The number of hydrogen-bond acceptors (Lipinski definition) is 8. The molecule has 1 aliphatic heterocycles. The summed E-state index contributed by atoms with van der Waals surface area (Å²) in [6, 6.07) is 9.91. The van der Waals surface area contributed by atoms with Gasteiger partial charge in [0.15, 0.2) is 22.6 Å². The number of aromatic amines is 1. The maximum atomic E-state index is 11.4. The Morgan fingerprint density at radius 1 is 1.18 bits per heavy atom. The van der Waals surface area contributed by atoms with Crippen molar-refractivity contribution in [2.45, 2.75) is 56.5 Å². The van der Waals surface area contributed by atoms with E-state index in [1.54, 1.807) is 6.92 Å². The summed E-state index contributed by atoms with van der Waals surface area (Å²) in [5, 5.41) is 11.2. The van der Waals surface area contributed by atoms with E-state index in [-0.39, 0.29) is 5.78 Å². The molecule has 2 N–H and O–H groups in total. The molecule has 174 valence electrons. The number of benzene rings is 1. The Kier molecular flexibility index (Phi) is 7.49. The predicted molar refractivity (Wildman–Crippen MR) is 131 cm³/mol. The number of aryl methyl sites for hydroxylation is 1. The summed E-state index contributed by atoms with van der Waals surface area (Å²) in [5.74, 6) is 2.91. The lowest BCUT2D eigenvalue weighted by molar-refractivity contribution is -0.116. The Bertz CT molecular complexity index is 1090. The molecule has 1 fully saturated rings. The first-order valence-corrected chi connectivity index (χ1v) is 12.2. The number of H-pyrrole nitrogens is 1. The van der Waals surface area contributed by atoms with Crippen molar-refractivity contribution in [3.8, 4) is 5.75 Å². The zero-order chi connectivity index (χ0) is 23.2. The van der Waals surface area contributed by atoms with Crippen LogP contribution in [0.2, 0.25) is 0 Å². The zero-order valence-electron chi connectivity index (χ0n) is 19.4. The van der Waals surface area contributed by atoms with Crippen LogP contribution in [0.1, 0.15) is 44.4 Å². The molecule has 4 rings (SSSR count). The molecule has 0 spiro atoms. The van der Waals surface area contributed by atoms with Gasteiger partial charge < -0.3 is 15.0 Å². The van der Waals surface area contributed by atoms with Crippen molar-refractivity contribution in [2.24, 2.45) is 0 Å². The summed E-state index contributed by atoms with van der Waals surface area (Å²) in [5.41, 5.74) is 1.96. The van der Waals surface area contributed by atoms with Crippen LogP contribution in [-0.4, -0.2) is 45.6 Å². The van der Waals surface area contributed by atoms with Crippen LogP contribution in [0.5, 0.6) is 5.75 Å². The molecule has 9 heteroatoms. The second-order valence-corrected chi connectivity index (χ2v) is 9.21. The summed E-state index contributed by atoms with van der Waals surface area (Å²) < 4.78 is 6.05. The first-order chi connectivity index (χ1) is 16.0. The van der Waals surface area contributed by atoms with Crippen LogP contribution in [0, 0.1) is 6.92 Å². The van der Waals surface area contributed by atoms with Gasteiger partial charge in [0.05, 0.1) is 6.61 Å². The van der Waals surface area contributed by atoms with Crippen molar-refractivity contribution in [1.29, 1.82) is 0 Å². The average molecular weight is 467 g/mol. The molecule has 0 atom stereocenters. The number of piperidine rings is 1.